The van der Waals surface area contributed by atoms with Crippen molar-refractivity contribution in [3.63, 3.8) is 0 Å². The molecule has 0 amide bonds. The van der Waals surface area contributed by atoms with Gasteiger partial charge in [-0.05, 0) is 6.92 Å². The summed E-state index contributed by atoms with van der Waals surface area (Å²) >= 11 is 3.17. The molecule has 0 aliphatic rings. The number of carbonyl (C=O) groups is 1. The van der Waals surface area contributed by atoms with Crippen LogP contribution in [0.15, 0.2) is 12.4 Å². The van der Waals surface area contributed by atoms with Gasteiger partial charge in [0.05, 0.1) is 17.1 Å². The Morgan fingerprint density at radius 1 is 1.86 bits per heavy atom. The van der Waals surface area contributed by atoms with Crippen LogP contribution in [0.2, 0.25) is 0 Å². The first-order valence-electron chi connectivity index (χ1n) is 3.97. The SMILES string of the molecule is C[C@@H](C(=O)O)n1cc(C#CCBr)cn1. The fourth-order valence-electron chi connectivity index (χ4n) is 0.863. The summed E-state index contributed by atoms with van der Waals surface area (Å²) in [6.45, 7) is 1.57. The molecule has 0 unspecified atom stereocenters. The number of aromatic nitrogens is 2. The second-order valence-electron chi connectivity index (χ2n) is 2.66. The maximum absolute atomic E-state index is 10.6. The highest BCUT2D eigenvalue weighted by Gasteiger charge is 2.13. The number of aliphatic carboxylic acids is 1. The van der Waals surface area contributed by atoms with Crippen molar-refractivity contribution < 1.29 is 9.90 Å². The highest BCUT2D eigenvalue weighted by Crippen LogP contribution is 2.05. The molecule has 0 saturated carbocycles. The lowest BCUT2D eigenvalue weighted by Crippen LogP contribution is -2.15. The summed E-state index contributed by atoms with van der Waals surface area (Å²) in [5.74, 6) is 4.74. The van der Waals surface area contributed by atoms with E-state index in [1.165, 1.54) is 4.68 Å². The van der Waals surface area contributed by atoms with Gasteiger partial charge in [-0.25, -0.2) is 4.79 Å². The highest BCUT2D eigenvalue weighted by atomic mass is 79.9. The zero-order valence-corrected chi connectivity index (χ0v) is 9.15. The van der Waals surface area contributed by atoms with Crippen LogP contribution in [-0.4, -0.2) is 26.2 Å². The number of hydrogen-bond donors (Lipinski definition) is 1. The van der Waals surface area contributed by atoms with Crippen molar-refractivity contribution in [1.29, 1.82) is 0 Å². The average Bonchev–Trinajstić information content (AvgIpc) is 2.61. The summed E-state index contributed by atoms with van der Waals surface area (Å²) in [5.41, 5.74) is 0.720. The van der Waals surface area contributed by atoms with E-state index in [2.05, 4.69) is 32.9 Å². The van der Waals surface area contributed by atoms with E-state index in [0.717, 1.165) is 5.56 Å². The van der Waals surface area contributed by atoms with Crippen LogP contribution in [0.3, 0.4) is 0 Å². The summed E-state index contributed by atoms with van der Waals surface area (Å²) in [6.07, 6.45) is 3.17. The zero-order valence-electron chi connectivity index (χ0n) is 7.57. The topological polar surface area (TPSA) is 55.1 Å². The van der Waals surface area contributed by atoms with Gasteiger partial charge in [0.25, 0.3) is 0 Å². The van der Waals surface area contributed by atoms with Crippen molar-refractivity contribution in [2.24, 2.45) is 0 Å². The van der Waals surface area contributed by atoms with E-state index in [1.54, 1.807) is 19.3 Å². The first-order chi connectivity index (χ1) is 6.65. The Hall–Kier alpha value is -1.28. The van der Waals surface area contributed by atoms with Gasteiger partial charge in [0.1, 0.15) is 6.04 Å². The Labute approximate surface area is 90.1 Å². The summed E-state index contributed by atoms with van der Waals surface area (Å²) in [4.78, 5) is 10.6. The largest absolute Gasteiger partial charge is 0.480 e. The number of rotatable bonds is 2. The fourth-order valence-corrected chi connectivity index (χ4v) is 1.00. The second-order valence-corrected chi connectivity index (χ2v) is 3.22. The van der Waals surface area contributed by atoms with Crippen molar-refractivity contribution in [3.8, 4) is 11.8 Å². The molecule has 1 aromatic rings. The van der Waals surface area contributed by atoms with Gasteiger partial charge >= 0.3 is 5.97 Å². The predicted molar refractivity (Wildman–Crippen MR) is 55.2 cm³/mol. The van der Waals surface area contributed by atoms with Crippen LogP contribution < -0.4 is 0 Å². The Morgan fingerprint density at radius 3 is 3.14 bits per heavy atom. The minimum atomic E-state index is -0.909. The maximum Gasteiger partial charge on any atom is 0.328 e. The Morgan fingerprint density at radius 2 is 2.57 bits per heavy atom. The number of alkyl halides is 1. The number of hydrogen-bond acceptors (Lipinski definition) is 2. The summed E-state index contributed by atoms with van der Waals surface area (Å²) < 4.78 is 1.38. The molecule has 0 spiro atoms. The van der Waals surface area contributed by atoms with Crippen LogP contribution in [0.5, 0.6) is 0 Å². The normalized spacial score (nSPS) is 11.6. The molecular weight excluding hydrogens is 248 g/mol. The van der Waals surface area contributed by atoms with E-state index >= 15 is 0 Å². The van der Waals surface area contributed by atoms with Crippen molar-refractivity contribution in [2.75, 3.05) is 5.33 Å². The maximum atomic E-state index is 10.6. The van der Waals surface area contributed by atoms with Crippen LogP contribution in [-0.2, 0) is 4.79 Å². The van der Waals surface area contributed by atoms with Gasteiger partial charge in [-0.15, -0.1) is 0 Å². The molecule has 0 aliphatic heterocycles. The van der Waals surface area contributed by atoms with Crippen LogP contribution in [0.1, 0.15) is 18.5 Å². The third-order valence-electron chi connectivity index (χ3n) is 1.66. The minimum absolute atomic E-state index is 0.590. The Balaban J connectivity index is 2.82. The third-order valence-corrected chi connectivity index (χ3v) is 1.94. The summed E-state index contributed by atoms with van der Waals surface area (Å²) in [6, 6.07) is -0.658. The van der Waals surface area contributed by atoms with Crippen LogP contribution in [0.25, 0.3) is 0 Å². The Kier molecular flexibility index (Phi) is 3.72. The van der Waals surface area contributed by atoms with Crippen LogP contribution in [0, 0.1) is 11.8 Å². The fraction of sp³-hybridized carbons (Fsp3) is 0.333. The lowest BCUT2D eigenvalue weighted by atomic mass is 10.3. The third kappa shape index (κ3) is 2.60. The Bertz CT molecular complexity index is 389. The molecule has 14 heavy (non-hydrogen) atoms. The molecule has 0 radical (unpaired) electrons. The van der Waals surface area contributed by atoms with Crippen molar-refractivity contribution >= 4 is 21.9 Å². The molecule has 4 nitrogen and oxygen atoms in total. The van der Waals surface area contributed by atoms with Crippen LogP contribution in [0.4, 0.5) is 0 Å². The molecule has 0 bridgehead atoms. The first-order valence-corrected chi connectivity index (χ1v) is 5.09. The van der Waals surface area contributed by atoms with Crippen LogP contribution >= 0.6 is 15.9 Å². The van der Waals surface area contributed by atoms with Crippen molar-refractivity contribution in [2.45, 2.75) is 13.0 Å². The lowest BCUT2D eigenvalue weighted by Gasteiger charge is -2.04. The highest BCUT2D eigenvalue weighted by molar-refractivity contribution is 9.09. The monoisotopic (exact) mass is 256 g/mol. The smallest absolute Gasteiger partial charge is 0.328 e. The summed E-state index contributed by atoms with van der Waals surface area (Å²) in [5, 5.41) is 13.2. The van der Waals surface area contributed by atoms with Gasteiger partial charge in [0.15, 0.2) is 0 Å². The number of carboxylic acid groups (broad SMARTS) is 1. The van der Waals surface area contributed by atoms with Gasteiger partial charge < -0.3 is 5.11 Å². The molecule has 1 aromatic heterocycles. The molecule has 0 saturated heterocycles. The molecule has 0 aromatic carbocycles. The molecular formula is C9H9BrN2O2. The summed E-state index contributed by atoms with van der Waals surface area (Å²) in [7, 11) is 0. The predicted octanol–water partition coefficient (Wildman–Crippen LogP) is 1.28. The molecule has 0 aliphatic carbocycles. The van der Waals surface area contributed by atoms with E-state index < -0.39 is 12.0 Å². The number of nitrogens with zero attached hydrogens (tertiary/aromatic N) is 2. The molecule has 1 rings (SSSR count). The molecule has 5 heteroatoms. The van der Waals surface area contributed by atoms with E-state index in [9.17, 15) is 4.79 Å². The average molecular weight is 257 g/mol. The molecule has 74 valence electrons. The van der Waals surface area contributed by atoms with Crippen molar-refractivity contribution in [3.05, 3.63) is 18.0 Å². The standard InChI is InChI=1S/C9H9BrN2O2/c1-7(9(13)14)12-6-8(5-11-12)3-2-4-10/h5-7H,4H2,1H3,(H,13,14)/t7-/m0/s1. The number of carboxylic acids is 1. The molecule has 1 N–H and O–H groups in total. The molecule has 0 fully saturated rings. The second kappa shape index (κ2) is 4.82. The van der Waals surface area contributed by atoms with Gasteiger partial charge in [-0.3, -0.25) is 4.68 Å². The van der Waals surface area contributed by atoms with E-state index in [0.29, 0.717) is 5.33 Å². The number of halogens is 1. The van der Waals surface area contributed by atoms with E-state index in [-0.39, 0.29) is 0 Å². The quantitative estimate of drug-likeness (QED) is 0.641. The molecule has 1 atom stereocenters. The molecule has 1 heterocycles. The van der Waals surface area contributed by atoms with E-state index in [4.69, 9.17) is 5.11 Å². The van der Waals surface area contributed by atoms with Gasteiger partial charge in [0, 0.05) is 6.20 Å². The zero-order chi connectivity index (χ0) is 10.6. The van der Waals surface area contributed by atoms with Gasteiger partial charge in [-0.1, -0.05) is 27.8 Å². The first kappa shape index (κ1) is 10.8. The van der Waals surface area contributed by atoms with Crippen molar-refractivity contribution in [1.82, 2.24) is 9.78 Å². The lowest BCUT2D eigenvalue weighted by molar-refractivity contribution is -0.140. The van der Waals surface area contributed by atoms with Gasteiger partial charge in [-0.2, -0.15) is 5.10 Å². The minimum Gasteiger partial charge on any atom is -0.480 e. The van der Waals surface area contributed by atoms with E-state index in [1.807, 2.05) is 0 Å². The van der Waals surface area contributed by atoms with Gasteiger partial charge in [0.2, 0.25) is 0 Å².